The Bertz CT molecular complexity index is 827. The Morgan fingerprint density at radius 1 is 1.29 bits per heavy atom. The van der Waals surface area contributed by atoms with Crippen molar-refractivity contribution in [3.8, 4) is 10.6 Å². The number of hydrogen-bond donors (Lipinski definition) is 1. The molecule has 0 spiro atoms. The summed E-state index contributed by atoms with van der Waals surface area (Å²) in [5.74, 6) is 0.398. The van der Waals surface area contributed by atoms with Gasteiger partial charge in [0, 0.05) is 5.69 Å². The lowest BCUT2D eigenvalue weighted by molar-refractivity contribution is 0.101. The normalized spacial score (nSPS) is 10.8. The molecule has 2 aromatic heterocycles. The van der Waals surface area contributed by atoms with Crippen molar-refractivity contribution in [3.05, 3.63) is 53.0 Å². The molecule has 1 amide bonds. The Labute approximate surface area is 149 Å². The third kappa shape index (κ3) is 3.37. The monoisotopic (exact) mass is 358 g/mol. The van der Waals surface area contributed by atoms with Gasteiger partial charge < -0.3 is 5.32 Å². The molecule has 1 aromatic carbocycles. The molecule has 0 fully saturated rings. The number of aryl methyl sites for hydroxylation is 1. The van der Waals surface area contributed by atoms with Gasteiger partial charge >= 0.3 is 0 Å². The van der Waals surface area contributed by atoms with Crippen LogP contribution in [0.4, 0.5) is 5.69 Å². The number of hydrogen-bond acceptors (Lipinski definition) is 5. The minimum Gasteiger partial charge on any atom is -0.320 e. The van der Waals surface area contributed by atoms with Crippen LogP contribution in [0.1, 0.15) is 23.0 Å². The number of thiophene rings is 1. The summed E-state index contributed by atoms with van der Waals surface area (Å²) in [4.78, 5) is 13.9. The average Bonchev–Trinajstić information content (AvgIpc) is 3.24. The molecule has 7 heteroatoms. The lowest BCUT2D eigenvalue weighted by Crippen LogP contribution is -2.19. The minimum absolute atomic E-state index is 0.182. The number of nitrogens with one attached hydrogen (secondary N) is 1. The Hall–Kier alpha value is -2.12. The predicted octanol–water partition coefficient (Wildman–Crippen LogP) is 4.14. The Kier molecular flexibility index (Phi) is 5.32. The number of benzene rings is 1. The standard InChI is InChI=1S/C17H18N4OS2/c1-3-12-7-4-5-8-13(12)18-17(22)16-15(14-9-6-10-24-14)19-20-21(16)11-23-2/h4-10H,3,11H2,1-2H3,(H,18,22). The van der Waals surface area contributed by atoms with Crippen molar-refractivity contribution >= 4 is 34.7 Å². The molecule has 0 saturated heterocycles. The van der Waals surface area contributed by atoms with Crippen LogP contribution < -0.4 is 5.32 Å². The lowest BCUT2D eigenvalue weighted by Gasteiger charge is -2.11. The van der Waals surface area contributed by atoms with Crippen molar-refractivity contribution in [2.24, 2.45) is 0 Å². The second-order valence-electron chi connectivity index (χ2n) is 5.15. The second kappa shape index (κ2) is 7.63. The van der Waals surface area contributed by atoms with E-state index in [0.29, 0.717) is 17.3 Å². The largest absolute Gasteiger partial charge is 0.320 e. The fourth-order valence-electron chi connectivity index (χ4n) is 2.46. The van der Waals surface area contributed by atoms with Gasteiger partial charge in [-0.1, -0.05) is 36.4 Å². The predicted molar refractivity (Wildman–Crippen MR) is 101 cm³/mol. The van der Waals surface area contributed by atoms with Crippen LogP contribution in [0.15, 0.2) is 41.8 Å². The molecule has 0 unspecified atom stereocenters. The summed E-state index contributed by atoms with van der Waals surface area (Å²) in [6.45, 7) is 2.07. The molecule has 24 heavy (non-hydrogen) atoms. The fraction of sp³-hybridized carbons (Fsp3) is 0.235. The smallest absolute Gasteiger partial charge is 0.276 e. The van der Waals surface area contributed by atoms with Gasteiger partial charge in [0.05, 0.1) is 10.8 Å². The first-order chi connectivity index (χ1) is 11.7. The number of rotatable bonds is 6. The molecule has 0 saturated carbocycles. The van der Waals surface area contributed by atoms with Crippen LogP contribution in [0.5, 0.6) is 0 Å². The highest BCUT2D eigenvalue weighted by Crippen LogP contribution is 2.27. The molecule has 0 atom stereocenters. The quantitative estimate of drug-likeness (QED) is 0.719. The van der Waals surface area contributed by atoms with Crippen LogP contribution in [-0.4, -0.2) is 27.2 Å². The van der Waals surface area contributed by atoms with Crippen molar-refractivity contribution in [2.75, 3.05) is 11.6 Å². The maximum Gasteiger partial charge on any atom is 0.276 e. The van der Waals surface area contributed by atoms with Crippen molar-refractivity contribution in [3.63, 3.8) is 0 Å². The number of para-hydroxylation sites is 1. The topological polar surface area (TPSA) is 59.8 Å². The number of amides is 1. The van der Waals surface area contributed by atoms with Crippen LogP contribution in [0, 0.1) is 0 Å². The summed E-state index contributed by atoms with van der Waals surface area (Å²) in [5.41, 5.74) is 3.06. The van der Waals surface area contributed by atoms with Gasteiger partial charge in [-0.15, -0.1) is 28.2 Å². The Morgan fingerprint density at radius 2 is 2.12 bits per heavy atom. The highest BCUT2D eigenvalue weighted by Gasteiger charge is 2.22. The Balaban J connectivity index is 1.98. The van der Waals surface area contributed by atoms with E-state index in [1.54, 1.807) is 27.8 Å². The minimum atomic E-state index is -0.182. The van der Waals surface area contributed by atoms with Gasteiger partial charge in [0.1, 0.15) is 5.69 Å². The molecule has 3 aromatic rings. The zero-order valence-corrected chi connectivity index (χ0v) is 15.2. The van der Waals surface area contributed by atoms with E-state index >= 15 is 0 Å². The molecule has 5 nitrogen and oxygen atoms in total. The molecule has 124 valence electrons. The van der Waals surface area contributed by atoms with Gasteiger partial charge in [-0.25, -0.2) is 4.68 Å². The van der Waals surface area contributed by atoms with Crippen LogP contribution in [0.3, 0.4) is 0 Å². The SMILES string of the molecule is CCc1ccccc1NC(=O)c1c(-c2cccs2)nnn1CSC. The number of anilines is 1. The summed E-state index contributed by atoms with van der Waals surface area (Å²) in [7, 11) is 0. The molecule has 3 rings (SSSR count). The van der Waals surface area contributed by atoms with Gasteiger partial charge in [0.15, 0.2) is 5.69 Å². The summed E-state index contributed by atoms with van der Waals surface area (Å²) >= 11 is 3.15. The maximum atomic E-state index is 12.9. The lowest BCUT2D eigenvalue weighted by atomic mass is 10.1. The van der Waals surface area contributed by atoms with Gasteiger partial charge in [-0.2, -0.15) is 0 Å². The highest BCUT2D eigenvalue weighted by atomic mass is 32.2. The molecule has 0 aliphatic heterocycles. The molecular weight excluding hydrogens is 340 g/mol. The number of nitrogens with zero attached hydrogens (tertiary/aromatic N) is 3. The number of carbonyl (C=O) groups is 1. The summed E-state index contributed by atoms with van der Waals surface area (Å²) < 4.78 is 1.66. The summed E-state index contributed by atoms with van der Waals surface area (Å²) in [6.07, 6.45) is 2.83. The average molecular weight is 358 g/mol. The molecule has 2 heterocycles. The molecular formula is C17H18N4OS2. The number of thioether (sulfide) groups is 1. The van der Waals surface area contributed by atoms with Gasteiger partial charge in [0.2, 0.25) is 0 Å². The fourth-order valence-corrected chi connectivity index (χ4v) is 3.60. The zero-order chi connectivity index (χ0) is 16.9. The van der Waals surface area contributed by atoms with E-state index in [2.05, 4.69) is 22.6 Å². The van der Waals surface area contributed by atoms with Crippen LogP contribution in [0.25, 0.3) is 10.6 Å². The highest BCUT2D eigenvalue weighted by molar-refractivity contribution is 7.97. The van der Waals surface area contributed by atoms with E-state index < -0.39 is 0 Å². The Morgan fingerprint density at radius 3 is 2.83 bits per heavy atom. The van der Waals surface area contributed by atoms with Crippen molar-refractivity contribution in [2.45, 2.75) is 19.2 Å². The summed E-state index contributed by atoms with van der Waals surface area (Å²) in [5, 5.41) is 13.4. The van der Waals surface area contributed by atoms with Crippen molar-refractivity contribution in [1.29, 1.82) is 0 Å². The molecule has 0 aliphatic rings. The molecule has 0 radical (unpaired) electrons. The third-order valence-electron chi connectivity index (χ3n) is 3.60. The number of aromatic nitrogens is 3. The van der Waals surface area contributed by atoms with Gasteiger partial charge in [-0.05, 0) is 35.8 Å². The van der Waals surface area contributed by atoms with E-state index in [-0.39, 0.29) is 5.91 Å². The van der Waals surface area contributed by atoms with Crippen LogP contribution in [-0.2, 0) is 12.3 Å². The first-order valence-corrected chi connectivity index (χ1v) is 9.87. The maximum absolute atomic E-state index is 12.9. The van der Waals surface area contributed by atoms with Gasteiger partial charge in [-0.3, -0.25) is 4.79 Å². The second-order valence-corrected chi connectivity index (χ2v) is 6.93. The van der Waals surface area contributed by atoms with Crippen molar-refractivity contribution in [1.82, 2.24) is 15.0 Å². The summed E-state index contributed by atoms with van der Waals surface area (Å²) in [6, 6.07) is 11.7. The molecule has 0 bridgehead atoms. The first kappa shape index (κ1) is 16.7. The van der Waals surface area contributed by atoms with E-state index in [1.165, 1.54) is 0 Å². The third-order valence-corrected chi connectivity index (χ3v) is 4.98. The van der Waals surface area contributed by atoms with Crippen LogP contribution >= 0.6 is 23.1 Å². The van der Waals surface area contributed by atoms with E-state index in [0.717, 1.165) is 22.5 Å². The molecule has 1 N–H and O–H groups in total. The van der Waals surface area contributed by atoms with Gasteiger partial charge in [0.25, 0.3) is 5.91 Å². The molecule has 0 aliphatic carbocycles. The van der Waals surface area contributed by atoms with E-state index in [1.807, 2.05) is 48.0 Å². The van der Waals surface area contributed by atoms with E-state index in [4.69, 9.17) is 0 Å². The number of carbonyl (C=O) groups excluding carboxylic acids is 1. The van der Waals surface area contributed by atoms with E-state index in [9.17, 15) is 4.79 Å². The van der Waals surface area contributed by atoms with Crippen LogP contribution in [0.2, 0.25) is 0 Å². The zero-order valence-electron chi connectivity index (χ0n) is 13.5. The first-order valence-electron chi connectivity index (χ1n) is 7.60. The van der Waals surface area contributed by atoms with Crippen molar-refractivity contribution < 1.29 is 4.79 Å².